The molecule has 0 unspecified atom stereocenters. The quantitative estimate of drug-likeness (QED) is 0.199. The van der Waals surface area contributed by atoms with E-state index in [-0.39, 0.29) is 5.57 Å². The van der Waals surface area contributed by atoms with Crippen LogP contribution in [0.15, 0.2) is 72.3 Å². The third-order valence-corrected chi connectivity index (χ3v) is 5.92. The van der Waals surface area contributed by atoms with E-state index < -0.39 is 5.91 Å². The molecule has 0 saturated carbocycles. The molecule has 0 aliphatic heterocycles. The molecule has 3 aromatic carbocycles. The number of nitrogens with one attached hydrogen (secondary N) is 1. The molecule has 0 radical (unpaired) electrons. The van der Waals surface area contributed by atoms with Gasteiger partial charge in [0, 0.05) is 5.69 Å². The van der Waals surface area contributed by atoms with E-state index in [1.807, 2.05) is 79.7 Å². The van der Waals surface area contributed by atoms with Crippen molar-refractivity contribution in [2.24, 2.45) is 0 Å². The van der Waals surface area contributed by atoms with Crippen molar-refractivity contribution >= 4 is 62.9 Å². The number of carbonyl (C=O) groups excluding carboxylic acids is 1. The maximum absolute atomic E-state index is 12.6. The van der Waals surface area contributed by atoms with Gasteiger partial charge >= 0.3 is 0 Å². The lowest BCUT2D eigenvalue weighted by atomic mass is 10.1. The molecule has 0 aliphatic carbocycles. The summed E-state index contributed by atoms with van der Waals surface area (Å²) in [7, 11) is 0. The Bertz CT molecular complexity index is 1110. The Labute approximate surface area is 203 Å². The third-order valence-electron chi connectivity index (χ3n) is 4.32. The minimum Gasteiger partial charge on any atom is -0.487 e. The number of hydrogen-bond donors (Lipinski definition) is 1. The van der Waals surface area contributed by atoms with Crippen molar-refractivity contribution in [1.82, 2.24) is 0 Å². The smallest absolute Gasteiger partial charge is 0.266 e. The van der Waals surface area contributed by atoms with Crippen molar-refractivity contribution in [3.05, 3.63) is 96.1 Å². The number of ether oxygens (including phenoxy) is 1. The van der Waals surface area contributed by atoms with Crippen molar-refractivity contribution in [1.29, 1.82) is 5.26 Å². The fourth-order valence-corrected chi connectivity index (χ4v) is 4.88. The van der Waals surface area contributed by atoms with Gasteiger partial charge in [-0.2, -0.15) is 5.26 Å². The number of nitrogens with zero attached hydrogens (tertiary/aromatic N) is 1. The zero-order chi connectivity index (χ0) is 21.5. The molecule has 3 rings (SSSR count). The van der Waals surface area contributed by atoms with E-state index in [0.29, 0.717) is 12.3 Å². The molecule has 0 fully saturated rings. The van der Waals surface area contributed by atoms with E-state index in [1.165, 1.54) is 0 Å². The molecule has 0 spiro atoms. The second kappa shape index (κ2) is 10.6. The summed E-state index contributed by atoms with van der Waals surface area (Å²) in [5.41, 5.74) is 3.53. The Balaban J connectivity index is 1.79. The monoisotopic (exact) mass is 620 g/mol. The number of benzene rings is 3. The summed E-state index contributed by atoms with van der Waals surface area (Å²) in [6.07, 6.45) is 1.60. The Kier molecular flexibility index (Phi) is 7.87. The first-order chi connectivity index (χ1) is 14.5. The van der Waals surface area contributed by atoms with Gasteiger partial charge in [0.15, 0.2) is 0 Å². The Morgan fingerprint density at radius 1 is 1.07 bits per heavy atom. The van der Waals surface area contributed by atoms with Crippen molar-refractivity contribution in [3.8, 4) is 11.8 Å². The van der Waals surface area contributed by atoms with Gasteiger partial charge in [0.2, 0.25) is 0 Å². The molecule has 0 bridgehead atoms. The molecule has 1 N–H and O–H groups in total. The first kappa shape index (κ1) is 22.3. The Morgan fingerprint density at radius 2 is 1.70 bits per heavy atom. The highest BCUT2D eigenvalue weighted by molar-refractivity contribution is 14.1. The highest BCUT2D eigenvalue weighted by Gasteiger charge is 2.13. The van der Waals surface area contributed by atoms with Gasteiger partial charge in [-0.3, -0.25) is 4.79 Å². The number of carbonyl (C=O) groups is 1. The summed E-state index contributed by atoms with van der Waals surface area (Å²) < 4.78 is 7.83. The molecule has 4 nitrogen and oxygen atoms in total. The van der Waals surface area contributed by atoms with Gasteiger partial charge in [-0.15, -0.1) is 0 Å². The maximum atomic E-state index is 12.6. The molecule has 1 amide bonds. The van der Waals surface area contributed by atoms with Crippen molar-refractivity contribution in [2.75, 3.05) is 5.32 Å². The number of hydrogen-bond acceptors (Lipinski definition) is 3. The lowest BCUT2D eigenvalue weighted by molar-refractivity contribution is -0.112. The number of amides is 1. The lowest BCUT2D eigenvalue weighted by Crippen LogP contribution is -2.14. The summed E-state index contributed by atoms with van der Waals surface area (Å²) in [5, 5.41) is 12.3. The molecular formula is C24H18I2N2O2. The lowest BCUT2D eigenvalue weighted by Gasteiger charge is -2.12. The van der Waals surface area contributed by atoms with Crippen LogP contribution in [-0.2, 0) is 11.4 Å². The average molecular weight is 620 g/mol. The normalized spacial score (nSPS) is 10.9. The van der Waals surface area contributed by atoms with Gasteiger partial charge in [0.25, 0.3) is 5.91 Å². The topological polar surface area (TPSA) is 62.1 Å². The summed E-state index contributed by atoms with van der Waals surface area (Å²) >= 11 is 4.42. The zero-order valence-electron chi connectivity index (χ0n) is 16.2. The predicted octanol–water partition coefficient (Wildman–Crippen LogP) is 6.33. The van der Waals surface area contributed by atoms with Gasteiger partial charge in [0.1, 0.15) is 24.0 Å². The van der Waals surface area contributed by atoms with Gasteiger partial charge in [-0.1, -0.05) is 48.5 Å². The summed E-state index contributed by atoms with van der Waals surface area (Å²) in [4.78, 5) is 12.6. The first-order valence-corrected chi connectivity index (χ1v) is 11.3. The molecular weight excluding hydrogens is 602 g/mol. The molecule has 150 valence electrons. The molecule has 0 aliphatic rings. The number of para-hydroxylation sites is 1. The van der Waals surface area contributed by atoms with E-state index in [9.17, 15) is 10.1 Å². The Hall–Kier alpha value is -2.38. The number of aryl methyl sites for hydroxylation is 1. The van der Waals surface area contributed by atoms with Crippen molar-refractivity contribution in [2.45, 2.75) is 13.5 Å². The van der Waals surface area contributed by atoms with Crippen LogP contribution >= 0.6 is 45.2 Å². The second-order valence-corrected chi connectivity index (χ2v) is 8.85. The van der Waals surface area contributed by atoms with Crippen LogP contribution in [0.4, 0.5) is 5.69 Å². The van der Waals surface area contributed by atoms with Crippen LogP contribution in [0.2, 0.25) is 0 Å². The number of halogens is 2. The van der Waals surface area contributed by atoms with Gasteiger partial charge in [-0.25, -0.2) is 0 Å². The van der Waals surface area contributed by atoms with Gasteiger partial charge < -0.3 is 10.1 Å². The van der Waals surface area contributed by atoms with E-state index in [0.717, 1.165) is 29.6 Å². The number of nitriles is 1. The molecule has 6 heteroatoms. The molecule has 0 heterocycles. The predicted molar refractivity (Wildman–Crippen MR) is 136 cm³/mol. The van der Waals surface area contributed by atoms with Gasteiger partial charge in [0.05, 0.1) is 7.14 Å². The van der Waals surface area contributed by atoms with Crippen LogP contribution in [0.25, 0.3) is 6.08 Å². The molecule has 3 aromatic rings. The average Bonchev–Trinajstić information content (AvgIpc) is 2.73. The highest BCUT2D eigenvalue weighted by atomic mass is 127. The third kappa shape index (κ3) is 5.83. The van der Waals surface area contributed by atoms with Crippen LogP contribution in [0, 0.1) is 25.4 Å². The van der Waals surface area contributed by atoms with Crippen molar-refractivity contribution < 1.29 is 9.53 Å². The first-order valence-electron chi connectivity index (χ1n) is 9.12. The minimum absolute atomic E-state index is 0.0443. The summed E-state index contributed by atoms with van der Waals surface area (Å²) in [6.45, 7) is 2.38. The van der Waals surface area contributed by atoms with Crippen LogP contribution in [0.5, 0.6) is 5.75 Å². The van der Waals surface area contributed by atoms with Crippen LogP contribution in [0.3, 0.4) is 0 Å². The van der Waals surface area contributed by atoms with Crippen LogP contribution in [-0.4, -0.2) is 5.91 Å². The largest absolute Gasteiger partial charge is 0.487 e. The fraction of sp³-hybridized carbons (Fsp3) is 0.0833. The standard InChI is InChI=1S/C24H18I2N2O2/c1-16-7-5-6-10-22(16)28-24(29)19(14-27)11-18-12-20(25)23(21(26)13-18)30-15-17-8-3-2-4-9-17/h2-13H,15H2,1H3,(H,28,29)/b19-11-. The van der Waals surface area contributed by atoms with E-state index in [2.05, 4.69) is 50.5 Å². The summed E-state index contributed by atoms with van der Waals surface area (Å²) in [6, 6.07) is 23.2. The number of rotatable bonds is 6. The Morgan fingerprint density at radius 3 is 2.33 bits per heavy atom. The van der Waals surface area contributed by atoms with E-state index in [4.69, 9.17) is 4.74 Å². The van der Waals surface area contributed by atoms with Crippen LogP contribution < -0.4 is 10.1 Å². The van der Waals surface area contributed by atoms with Crippen molar-refractivity contribution in [3.63, 3.8) is 0 Å². The zero-order valence-corrected chi connectivity index (χ0v) is 20.5. The summed E-state index contributed by atoms with van der Waals surface area (Å²) in [5.74, 6) is 0.362. The number of anilines is 1. The molecule has 30 heavy (non-hydrogen) atoms. The minimum atomic E-state index is -0.429. The van der Waals surface area contributed by atoms with Crippen LogP contribution in [0.1, 0.15) is 16.7 Å². The molecule has 0 saturated heterocycles. The molecule has 0 atom stereocenters. The second-order valence-electron chi connectivity index (χ2n) is 6.53. The SMILES string of the molecule is Cc1ccccc1NC(=O)/C(C#N)=C\c1cc(I)c(OCc2ccccc2)c(I)c1. The fourth-order valence-electron chi connectivity index (χ4n) is 2.75. The highest BCUT2D eigenvalue weighted by Crippen LogP contribution is 2.30. The maximum Gasteiger partial charge on any atom is 0.266 e. The van der Waals surface area contributed by atoms with E-state index in [1.54, 1.807) is 6.08 Å². The molecule has 0 aromatic heterocycles. The van der Waals surface area contributed by atoms with Gasteiger partial charge in [-0.05, 0) is 93.1 Å². The van der Waals surface area contributed by atoms with E-state index >= 15 is 0 Å².